The van der Waals surface area contributed by atoms with Gasteiger partial charge in [0.1, 0.15) is 13.2 Å². The molecule has 3 aromatic rings. The largest absolute Gasteiger partial charge is 0.493 e. The Labute approximate surface area is 265 Å². The normalized spacial score (nSPS) is 15.2. The Morgan fingerprint density at radius 1 is 1.04 bits per heavy atom. The molecule has 45 heavy (non-hydrogen) atoms. The van der Waals surface area contributed by atoms with Crippen molar-refractivity contribution in [3.05, 3.63) is 93.6 Å². The van der Waals surface area contributed by atoms with Gasteiger partial charge in [0.25, 0.3) is 0 Å². The number of ether oxygens (including phenoxy) is 5. The van der Waals surface area contributed by atoms with E-state index in [0.717, 1.165) is 5.56 Å². The molecular formula is C32H35ClN4O8. The number of aliphatic hydroxyl groups is 1. The third-order valence-corrected chi connectivity index (χ3v) is 6.82. The molecule has 0 aliphatic carbocycles. The van der Waals surface area contributed by atoms with Crippen molar-refractivity contribution in [2.75, 3.05) is 27.4 Å². The molecule has 4 N–H and O–H groups in total. The fourth-order valence-corrected chi connectivity index (χ4v) is 4.70. The van der Waals surface area contributed by atoms with Gasteiger partial charge in [0.05, 0.1) is 38.7 Å². The average molecular weight is 639 g/mol. The van der Waals surface area contributed by atoms with Gasteiger partial charge in [0.15, 0.2) is 29.2 Å². The first-order valence-electron chi connectivity index (χ1n) is 14.0. The number of nitrogens with one attached hydrogen (secondary N) is 3. The number of urea groups is 1. The van der Waals surface area contributed by atoms with Gasteiger partial charge in [-0.25, -0.2) is 9.59 Å². The molecule has 3 aromatic carbocycles. The van der Waals surface area contributed by atoms with Crippen LogP contribution in [-0.4, -0.2) is 57.0 Å². The van der Waals surface area contributed by atoms with E-state index in [2.05, 4.69) is 21.2 Å². The lowest BCUT2D eigenvalue weighted by atomic mass is 9.95. The number of halogens is 1. The number of esters is 1. The first-order chi connectivity index (χ1) is 21.7. The fourth-order valence-electron chi connectivity index (χ4n) is 4.49. The van der Waals surface area contributed by atoms with Gasteiger partial charge in [0.2, 0.25) is 0 Å². The van der Waals surface area contributed by atoms with E-state index in [1.54, 1.807) is 56.5 Å². The molecule has 0 unspecified atom stereocenters. The van der Waals surface area contributed by atoms with Crippen LogP contribution in [0, 0.1) is 0 Å². The molecular weight excluding hydrogens is 604 g/mol. The molecule has 12 nitrogen and oxygen atoms in total. The van der Waals surface area contributed by atoms with Gasteiger partial charge in [-0.05, 0) is 73.0 Å². The van der Waals surface area contributed by atoms with Gasteiger partial charge in [0, 0.05) is 10.7 Å². The Balaban J connectivity index is 1.36. The molecule has 0 saturated carbocycles. The van der Waals surface area contributed by atoms with Gasteiger partial charge < -0.3 is 39.4 Å². The van der Waals surface area contributed by atoms with Crippen LogP contribution in [0.25, 0.3) is 0 Å². The van der Waals surface area contributed by atoms with Crippen LogP contribution in [0.2, 0.25) is 5.02 Å². The molecule has 0 radical (unpaired) electrons. The summed E-state index contributed by atoms with van der Waals surface area (Å²) in [4.78, 5) is 24.6. The van der Waals surface area contributed by atoms with E-state index in [-0.39, 0.29) is 12.2 Å². The van der Waals surface area contributed by atoms with Gasteiger partial charge >= 0.3 is 12.0 Å². The highest BCUT2D eigenvalue weighted by atomic mass is 35.5. The molecule has 0 bridgehead atoms. The summed E-state index contributed by atoms with van der Waals surface area (Å²) in [6.45, 7) is 3.93. The summed E-state index contributed by atoms with van der Waals surface area (Å²) in [6.07, 6.45) is 0.368. The Morgan fingerprint density at radius 2 is 1.82 bits per heavy atom. The van der Waals surface area contributed by atoms with Gasteiger partial charge in [-0.3, -0.25) is 5.43 Å². The monoisotopic (exact) mass is 638 g/mol. The summed E-state index contributed by atoms with van der Waals surface area (Å²) in [5.41, 5.74) is 5.49. The van der Waals surface area contributed by atoms with Crippen molar-refractivity contribution in [1.82, 2.24) is 16.1 Å². The Morgan fingerprint density at radius 3 is 2.56 bits per heavy atom. The highest BCUT2D eigenvalue weighted by molar-refractivity contribution is 6.30. The van der Waals surface area contributed by atoms with Crippen molar-refractivity contribution in [3.63, 3.8) is 0 Å². The number of nitrogens with zero attached hydrogens (tertiary/aromatic N) is 1. The highest BCUT2D eigenvalue weighted by Crippen LogP contribution is 2.35. The summed E-state index contributed by atoms with van der Waals surface area (Å²) in [7, 11) is 2.82. The number of hydrogen-bond donors (Lipinski definition) is 4. The number of methoxy groups -OCH3 is 2. The summed E-state index contributed by atoms with van der Waals surface area (Å²) < 4.78 is 27.8. The standard InChI is InChI=1S/C32H35ClN4O8/c1-5-43-27-15-22(30-29(31(39)42-4)19(2)35-32(40)36-30)10-12-25(27)45-18-28(38)37-34-16-20-9-11-24(26(14-20)41-3)44-17-21-7-6-8-23(33)13-21/h6-16,28,30,37-38H,5,17-18H2,1-4H3,(H2,35,36,40)/b34-16+/t28-,30-/m0/s1. The van der Waals surface area contributed by atoms with E-state index in [4.69, 9.17) is 35.3 Å². The van der Waals surface area contributed by atoms with Crippen molar-refractivity contribution in [1.29, 1.82) is 0 Å². The Kier molecular flexibility index (Phi) is 11.5. The van der Waals surface area contributed by atoms with Gasteiger partial charge in [-0.2, -0.15) is 5.10 Å². The van der Waals surface area contributed by atoms with E-state index in [1.807, 2.05) is 25.1 Å². The molecule has 2 atom stereocenters. The molecule has 1 aliphatic heterocycles. The molecule has 0 aromatic heterocycles. The summed E-state index contributed by atoms with van der Waals surface area (Å²) in [5, 5.41) is 20.5. The molecule has 0 spiro atoms. The predicted octanol–water partition coefficient (Wildman–Crippen LogP) is 4.45. The van der Waals surface area contributed by atoms with Crippen molar-refractivity contribution < 1.29 is 38.4 Å². The molecule has 4 rings (SSSR count). The van der Waals surface area contributed by atoms with Crippen LogP contribution in [0.3, 0.4) is 0 Å². The number of carbonyl (C=O) groups excluding carboxylic acids is 2. The smallest absolute Gasteiger partial charge is 0.337 e. The highest BCUT2D eigenvalue weighted by Gasteiger charge is 2.32. The van der Waals surface area contributed by atoms with Crippen LogP contribution in [-0.2, 0) is 16.1 Å². The van der Waals surface area contributed by atoms with Crippen LogP contribution in [0.15, 0.2) is 77.0 Å². The lowest BCUT2D eigenvalue weighted by molar-refractivity contribution is -0.136. The summed E-state index contributed by atoms with van der Waals surface area (Å²) in [6, 6.07) is 16.5. The number of aliphatic hydroxyl groups excluding tert-OH is 1. The second kappa shape index (κ2) is 15.7. The maximum atomic E-state index is 12.4. The van der Waals surface area contributed by atoms with Crippen LogP contribution >= 0.6 is 11.6 Å². The molecule has 1 heterocycles. The molecule has 0 saturated heterocycles. The van der Waals surface area contributed by atoms with Crippen LogP contribution < -0.4 is 35.0 Å². The summed E-state index contributed by atoms with van der Waals surface area (Å²) in [5.74, 6) is 1.22. The summed E-state index contributed by atoms with van der Waals surface area (Å²) >= 11 is 6.05. The Bertz CT molecular complexity index is 1580. The van der Waals surface area contributed by atoms with Crippen LogP contribution in [0.1, 0.15) is 36.6 Å². The quantitative estimate of drug-likeness (QED) is 0.0870. The number of carbonyl (C=O) groups is 2. The Hall–Kier alpha value is -4.94. The number of hydrogen-bond acceptors (Lipinski definition) is 10. The molecule has 0 fully saturated rings. The molecule has 238 valence electrons. The second-order valence-electron chi connectivity index (χ2n) is 9.74. The SMILES string of the molecule is CCOc1cc([C@@H]2NC(=O)NC(C)=C2C(=O)OC)ccc1OC[C@H](O)N/N=C/c1ccc(OCc2cccc(Cl)c2)c(OC)c1. The van der Waals surface area contributed by atoms with E-state index in [9.17, 15) is 14.7 Å². The minimum Gasteiger partial charge on any atom is -0.493 e. The third kappa shape index (κ3) is 8.80. The molecule has 13 heteroatoms. The minimum atomic E-state index is -1.15. The van der Waals surface area contributed by atoms with Crippen molar-refractivity contribution in [3.8, 4) is 23.0 Å². The number of benzene rings is 3. The zero-order valence-electron chi connectivity index (χ0n) is 25.3. The predicted molar refractivity (Wildman–Crippen MR) is 168 cm³/mol. The molecule has 1 aliphatic rings. The van der Waals surface area contributed by atoms with Crippen molar-refractivity contribution in [2.24, 2.45) is 5.10 Å². The van der Waals surface area contributed by atoms with E-state index < -0.39 is 24.3 Å². The van der Waals surface area contributed by atoms with Crippen molar-refractivity contribution in [2.45, 2.75) is 32.7 Å². The van der Waals surface area contributed by atoms with E-state index in [1.165, 1.54) is 13.3 Å². The lowest BCUT2D eigenvalue weighted by Gasteiger charge is -2.28. The number of hydrazone groups is 1. The average Bonchev–Trinajstić information content (AvgIpc) is 3.03. The fraction of sp³-hybridized carbons (Fsp3) is 0.281. The van der Waals surface area contributed by atoms with Gasteiger partial charge in [-0.1, -0.05) is 29.8 Å². The number of amides is 2. The zero-order chi connectivity index (χ0) is 32.3. The molecule has 2 amide bonds. The second-order valence-corrected chi connectivity index (χ2v) is 10.2. The third-order valence-electron chi connectivity index (χ3n) is 6.58. The first-order valence-corrected chi connectivity index (χ1v) is 14.4. The van der Waals surface area contributed by atoms with E-state index in [0.29, 0.717) is 58.1 Å². The first kappa shape index (κ1) is 33.0. The van der Waals surface area contributed by atoms with Crippen molar-refractivity contribution >= 4 is 29.8 Å². The maximum absolute atomic E-state index is 12.4. The lowest BCUT2D eigenvalue weighted by Crippen LogP contribution is -2.45. The number of rotatable bonds is 14. The van der Waals surface area contributed by atoms with Crippen LogP contribution in [0.5, 0.6) is 23.0 Å². The van der Waals surface area contributed by atoms with Gasteiger partial charge in [-0.15, -0.1) is 0 Å². The minimum absolute atomic E-state index is 0.160. The van der Waals surface area contributed by atoms with Crippen LogP contribution in [0.4, 0.5) is 4.79 Å². The number of allylic oxidation sites excluding steroid dienone is 1. The topological polar surface area (TPSA) is 149 Å². The maximum Gasteiger partial charge on any atom is 0.337 e. The zero-order valence-corrected chi connectivity index (χ0v) is 26.0. The van der Waals surface area contributed by atoms with E-state index >= 15 is 0 Å².